The lowest BCUT2D eigenvalue weighted by molar-refractivity contribution is -0.144. The SMILES string of the molecule is C[C@@H](CS(C)(=O)=O)N(C)c1nc(C(F)(F)F)nc2ccccc12. The number of rotatable bonds is 4. The van der Waals surface area contributed by atoms with Crippen molar-refractivity contribution in [2.75, 3.05) is 24.0 Å². The number of fused-ring (bicyclic) bond motifs is 1. The Morgan fingerprint density at radius 1 is 1.22 bits per heavy atom. The van der Waals surface area contributed by atoms with Gasteiger partial charge in [-0.15, -0.1) is 0 Å². The highest BCUT2D eigenvalue weighted by Gasteiger charge is 2.36. The third-order valence-corrected chi connectivity index (χ3v) is 4.46. The van der Waals surface area contributed by atoms with E-state index in [-0.39, 0.29) is 17.1 Å². The van der Waals surface area contributed by atoms with Crippen LogP contribution in [0.5, 0.6) is 0 Å². The van der Waals surface area contributed by atoms with Crippen LogP contribution >= 0.6 is 0 Å². The second kappa shape index (κ2) is 5.95. The number of aromatic nitrogens is 2. The number of hydrogen-bond acceptors (Lipinski definition) is 5. The Labute approximate surface area is 132 Å². The molecule has 9 heteroatoms. The molecule has 126 valence electrons. The van der Waals surface area contributed by atoms with Gasteiger partial charge in [0.15, 0.2) is 0 Å². The highest BCUT2D eigenvalue weighted by molar-refractivity contribution is 7.90. The molecule has 0 radical (unpaired) electrons. The van der Waals surface area contributed by atoms with E-state index < -0.39 is 27.9 Å². The minimum Gasteiger partial charge on any atom is -0.355 e. The second-order valence-electron chi connectivity index (χ2n) is 5.44. The highest BCUT2D eigenvalue weighted by atomic mass is 32.2. The molecule has 0 bridgehead atoms. The van der Waals surface area contributed by atoms with Gasteiger partial charge in [0.25, 0.3) is 0 Å². The lowest BCUT2D eigenvalue weighted by atomic mass is 10.2. The zero-order valence-electron chi connectivity index (χ0n) is 12.8. The standard InChI is InChI=1S/C14H16F3N3O2S/c1-9(8-23(3,21)22)20(2)12-10-6-4-5-7-11(10)18-13(19-12)14(15,16)17/h4-7,9H,8H2,1-3H3/t9-/m0/s1. The van der Waals surface area contributed by atoms with Gasteiger partial charge in [-0.05, 0) is 19.1 Å². The molecular weight excluding hydrogens is 331 g/mol. The molecule has 0 fully saturated rings. The van der Waals surface area contributed by atoms with Crippen LogP contribution in [0.25, 0.3) is 10.9 Å². The summed E-state index contributed by atoms with van der Waals surface area (Å²) in [5, 5.41) is 0.434. The molecule has 0 aliphatic rings. The van der Waals surface area contributed by atoms with Crippen LogP contribution < -0.4 is 4.90 Å². The van der Waals surface area contributed by atoms with Gasteiger partial charge in [0.2, 0.25) is 5.82 Å². The quantitative estimate of drug-likeness (QED) is 0.850. The second-order valence-corrected chi connectivity index (χ2v) is 7.62. The molecule has 0 unspecified atom stereocenters. The van der Waals surface area contributed by atoms with E-state index in [2.05, 4.69) is 9.97 Å². The van der Waals surface area contributed by atoms with Crippen LogP contribution in [-0.4, -0.2) is 43.5 Å². The summed E-state index contributed by atoms with van der Waals surface area (Å²) in [6.45, 7) is 1.62. The number of sulfone groups is 1. The van der Waals surface area contributed by atoms with Crippen molar-refractivity contribution < 1.29 is 21.6 Å². The largest absolute Gasteiger partial charge is 0.451 e. The molecule has 0 saturated carbocycles. The first-order valence-corrected chi connectivity index (χ1v) is 8.79. The van der Waals surface area contributed by atoms with Gasteiger partial charge in [0.1, 0.15) is 15.7 Å². The van der Waals surface area contributed by atoms with Gasteiger partial charge in [0.05, 0.1) is 11.3 Å². The molecule has 0 spiro atoms. The molecule has 2 aromatic rings. The fourth-order valence-corrected chi connectivity index (χ4v) is 3.31. The summed E-state index contributed by atoms with van der Waals surface area (Å²) in [7, 11) is -1.76. The molecule has 0 aliphatic carbocycles. The summed E-state index contributed by atoms with van der Waals surface area (Å²) in [5.41, 5.74) is 0.156. The summed E-state index contributed by atoms with van der Waals surface area (Å²) >= 11 is 0. The van der Waals surface area contributed by atoms with E-state index in [4.69, 9.17) is 0 Å². The lowest BCUT2D eigenvalue weighted by Gasteiger charge is -2.27. The van der Waals surface area contributed by atoms with Gasteiger partial charge < -0.3 is 4.90 Å². The Kier molecular flexibility index (Phi) is 4.52. The molecule has 2 rings (SSSR count). The van der Waals surface area contributed by atoms with E-state index in [1.807, 2.05) is 0 Å². The molecule has 0 saturated heterocycles. The zero-order chi connectivity index (χ0) is 17.4. The number of para-hydroxylation sites is 1. The maximum atomic E-state index is 13.0. The lowest BCUT2D eigenvalue weighted by Crippen LogP contribution is -2.36. The average Bonchev–Trinajstić information content (AvgIpc) is 2.42. The van der Waals surface area contributed by atoms with Gasteiger partial charge >= 0.3 is 6.18 Å². The van der Waals surface area contributed by atoms with Crippen LogP contribution in [0, 0.1) is 0 Å². The molecule has 0 amide bonds. The molecule has 0 N–H and O–H groups in total. The van der Waals surface area contributed by atoms with Gasteiger partial charge in [-0.3, -0.25) is 0 Å². The van der Waals surface area contributed by atoms with Crippen molar-refractivity contribution in [1.29, 1.82) is 0 Å². The smallest absolute Gasteiger partial charge is 0.355 e. The van der Waals surface area contributed by atoms with Crippen molar-refractivity contribution in [2.24, 2.45) is 0 Å². The molecule has 23 heavy (non-hydrogen) atoms. The summed E-state index contributed by atoms with van der Waals surface area (Å²) in [6.07, 6.45) is -3.60. The van der Waals surface area contributed by atoms with Crippen LogP contribution in [0.3, 0.4) is 0 Å². The monoisotopic (exact) mass is 347 g/mol. The summed E-state index contributed by atoms with van der Waals surface area (Å²) in [5.74, 6) is -1.38. The normalized spacial score (nSPS) is 14.0. The van der Waals surface area contributed by atoms with Crippen LogP contribution in [0.4, 0.5) is 19.0 Å². The number of benzene rings is 1. The molecule has 0 aliphatic heterocycles. The van der Waals surface area contributed by atoms with E-state index in [1.165, 1.54) is 18.0 Å². The Bertz CT molecular complexity index is 822. The Hall–Kier alpha value is -1.90. The molecule has 1 aromatic carbocycles. The van der Waals surface area contributed by atoms with Gasteiger partial charge in [0, 0.05) is 24.7 Å². The number of alkyl halides is 3. The molecule has 1 aromatic heterocycles. The van der Waals surface area contributed by atoms with E-state index in [1.54, 1.807) is 25.1 Å². The number of halogens is 3. The van der Waals surface area contributed by atoms with Crippen molar-refractivity contribution in [2.45, 2.75) is 19.1 Å². The van der Waals surface area contributed by atoms with E-state index in [0.29, 0.717) is 5.39 Å². The van der Waals surface area contributed by atoms with Crippen molar-refractivity contribution in [1.82, 2.24) is 9.97 Å². The fraction of sp³-hybridized carbons (Fsp3) is 0.429. The molecule has 5 nitrogen and oxygen atoms in total. The van der Waals surface area contributed by atoms with E-state index in [9.17, 15) is 21.6 Å². The zero-order valence-corrected chi connectivity index (χ0v) is 13.6. The predicted octanol–water partition coefficient (Wildman–Crippen LogP) is 2.52. The Morgan fingerprint density at radius 2 is 1.83 bits per heavy atom. The van der Waals surface area contributed by atoms with Crippen LogP contribution in [0.15, 0.2) is 24.3 Å². The Balaban J connectivity index is 2.58. The van der Waals surface area contributed by atoms with Crippen LogP contribution in [-0.2, 0) is 16.0 Å². The number of anilines is 1. The van der Waals surface area contributed by atoms with E-state index >= 15 is 0 Å². The summed E-state index contributed by atoms with van der Waals surface area (Å²) in [4.78, 5) is 8.59. The number of hydrogen-bond donors (Lipinski definition) is 0. The third kappa shape index (κ3) is 4.10. The highest BCUT2D eigenvalue weighted by Crippen LogP contribution is 2.31. The molecular formula is C14H16F3N3O2S. The minimum absolute atomic E-state index is 0.0547. The predicted molar refractivity (Wildman–Crippen MR) is 82.1 cm³/mol. The summed E-state index contributed by atoms with van der Waals surface area (Å²) < 4.78 is 61.8. The maximum absolute atomic E-state index is 13.0. The van der Waals surface area contributed by atoms with Gasteiger partial charge in [-0.25, -0.2) is 18.4 Å². The fourth-order valence-electron chi connectivity index (χ4n) is 2.21. The van der Waals surface area contributed by atoms with E-state index in [0.717, 1.165) is 6.26 Å². The first kappa shape index (κ1) is 17.5. The first-order valence-electron chi connectivity index (χ1n) is 6.73. The van der Waals surface area contributed by atoms with Crippen molar-refractivity contribution >= 4 is 26.6 Å². The van der Waals surface area contributed by atoms with Crippen molar-refractivity contribution in [3.8, 4) is 0 Å². The van der Waals surface area contributed by atoms with Gasteiger partial charge in [-0.1, -0.05) is 12.1 Å². The van der Waals surface area contributed by atoms with Crippen LogP contribution in [0.1, 0.15) is 12.7 Å². The maximum Gasteiger partial charge on any atom is 0.451 e. The molecule has 1 atom stereocenters. The minimum atomic E-state index is -4.68. The van der Waals surface area contributed by atoms with Crippen LogP contribution in [0.2, 0.25) is 0 Å². The first-order chi connectivity index (χ1) is 10.5. The van der Waals surface area contributed by atoms with Crippen molar-refractivity contribution in [3.05, 3.63) is 30.1 Å². The number of nitrogens with zero attached hydrogens (tertiary/aromatic N) is 3. The third-order valence-electron chi connectivity index (χ3n) is 3.38. The van der Waals surface area contributed by atoms with Crippen molar-refractivity contribution in [3.63, 3.8) is 0 Å². The average molecular weight is 347 g/mol. The summed E-state index contributed by atoms with van der Waals surface area (Å²) in [6, 6.07) is 5.78. The molecule has 1 heterocycles. The topological polar surface area (TPSA) is 63.2 Å². The van der Waals surface area contributed by atoms with Gasteiger partial charge in [-0.2, -0.15) is 13.2 Å². The Morgan fingerprint density at radius 3 is 2.39 bits per heavy atom.